The van der Waals surface area contributed by atoms with E-state index in [9.17, 15) is 22.8 Å². The summed E-state index contributed by atoms with van der Waals surface area (Å²) < 4.78 is 38.3. The Morgan fingerprint density at radius 1 is 1.21 bits per heavy atom. The van der Waals surface area contributed by atoms with Crippen molar-refractivity contribution >= 4 is 11.8 Å². The Balaban J connectivity index is 1.88. The van der Waals surface area contributed by atoms with Gasteiger partial charge < -0.3 is 15.5 Å². The summed E-state index contributed by atoms with van der Waals surface area (Å²) in [4.78, 5) is 26.5. The van der Waals surface area contributed by atoms with Gasteiger partial charge in [0.05, 0.1) is 12.1 Å². The van der Waals surface area contributed by atoms with Gasteiger partial charge in [0.25, 0.3) is 5.91 Å². The summed E-state index contributed by atoms with van der Waals surface area (Å²) in [6.07, 6.45) is -0.704. The second-order valence-corrected chi connectivity index (χ2v) is 7.53. The van der Waals surface area contributed by atoms with Crippen LogP contribution in [0.2, 0.25) is 0 Å². The van der Waals surface area contributed by atoms with Crippen LogP contribution in [0.5, 0.6) is 0 Å². The second kappa shape index (κ2) is 9.41. The van der Waals surface area contributed by atoms with Crippen molar-refractivity contribution in [2.24, 2.45) is 5.92 Å². The zero-order valence-corrected chi connectivity index (χ0v) is 16.5. The molecule has 5 nitrogen and oxygen atoms in total. The van der Waals surface area contributed by atoms with Crippen molar-refractivity contribution in [3.05, 3.63) is 35.4 Å². The smallest absolute Gasteiger partial charge is 0.352 e. The molecule has 1 fully saturated rings. The summed E-state index contributed by atoms with van der Waals surface area (Å²) in [6.45, 7) is 1.83. The second-order valence-electron chi connectivity index (χ2n) is 7.53. The molecule has 8 heteroatoms. The molecule has 0 aromatic heterocycles. The van der Waals surface area contributed by atoms with Gasteiger partial charge in [-0.2, -0.15) is 13.2 Å². The van der Waals surface area contributed by atoms with Crippen LogP contribution >= 0.6 is 0 Å². The van der Waals surface area contributed by atoms with E-state index >= 15 is 0 Å². The summed E-state index contributed by atoms with van der Waals surface area (Å²) in [6, 6.07) is 4.70. The van der Waals surface area contributed by atoms with Gasteiger partial charge in [-0.15, -0.1) is 0 Å². The SMILES string of the molecule is CC[C@@H]1C[C@H](N(C)C)CC[C@@H]1NC(=O)CNC(=O)c1cccc(C(F)(F)F)c1. The fourth-order valence-electron chi connectivity index (χ4n) is 3.71. The Hall–Kier alpha value is -2.09. The molecule has 0 saturated heterocycles. The van der Waals surface area contributed by atoms with Crippen LogP contribution in [0.25, 0.3) is 0 Å². The maximum atomic E-state index is 12.8. The molecule has 156 valence electrons. The van der Waals surface area contributed by atoms with E-state index in [0.29, 0.717) is 12.0 Å². The topological polar surface area (TPSA) is 61.4 Å². The number of nitrogens with zero attached hydrogens (tertiary/aromatic N) is 1. The van der Waals surface area contributed by atoms with Gasteiger partial charge in [0.15, 0.2) is 0 Å². The Morgan fingerprint density at radius 2 is 1.93 bits per heavy atom. The van der Waals surface area contributed by atoms with Gasteiger partial charge in [0.2, 0.25) is 5.91 Å². The van der Waals surface area contributed by atoms with E-state index < -0.39 is 17.6 Å². The predicted octanol–water partition coefficient (Wildman–Crippen LogP) is 3.06. The lowest BCUT2D eigenvalue weighted by Gasteiger charge is -2.39. The van der Waals surface area contributed by atoms with Gasteiger partial charge in [0.1, 0.15) is 0 Å². The highest BCUT2D eigenvalue weighted by Gasteiger charge is 2.32. The Bertz CT molecular complexity index is 692. The molecular weight excluding hydrogens is 371 g/mol. The van der Waals surface area contributed by atoms with Crippen LogP contribution in [0, 0.1) is 5.92 Å². The molecule has 2 rings (SSSR count). The minimum absolute atomic E-state index is 0.0548. The number of benzene rings is 1. The van der Waals surface area contributed by atoms with Crippen LogP contribution in [0.3, 0.4) is 0 Å². The maximum Gasteiger partial charge on any atom is 0.416 e. The minimum Gasteiger partial charge on any atom is -0.352 e. The molecule has 3 atom stereocenters. The van der Waals surface area contributed by atoms with Crippen LogP contribution in [0.4, 0.5) is 13.2 Å². The molecule has 0 radical (unpaired) electrons. The quantitative estimate of drug-likeness (QED) is 0.773. The van der Waals surface area contributed by atoms with E-state index in [-0.39, 0.29) is 24.1 Å². The number of rotatable bonds is 6. The van der Waals surface area contributed by atoms with Crippen LogP contribution in [-0.2, 0) is 11.0 Å². The Kier molecular flexibility index (Phi) is 7.46. The summed E-state index contributed by atoms with van der Waals surface area (Å²) in [5.74, 6) is -0.666. The van der Waals surface area contributed by atoms with Gasteiger partial charge >= 0.3 is 6.18 Å². The number of hydrogen-bond acceptors (Lipinski definition) is 3. The molecule has 1 aromatic rings. The van der Waals surface area contributed by atoms with Crippen molar-refractivity contribution in [3.8, 4) is 0 Å². The van der Waals surface area contributed by atoms with E-state index in [4.69, 9.17) is 0 Å². The van der Waals surface area contributed by atoms with Crippen molar-refractivity contribution < 1.29 is 22.8 Å². The van der Waals surface area contributed by atoms with Gasteiger partial charge in [-0.1, -0.05) is 19.4 Å². The van der Waals surface area contributed by atoms with E-state index in [0.717, 1.165) is 37.8 Å². The molecule has 0 heterocycles. The first-order valence-corrected chi connectivity index (χ1v) is 9.53. The summed E-state index contributed by atoms with van der Waals surface area (Å²) >= 11 is 0. The molecular formula is C20H28F3N3O2. The first kappa shape index (κ1) is 22.2. The zero-order valence-electron chi connectivity index (χ0n) is 16.5. The third-order valence-corrected chi connectivity index (χ3v) is 5.42. The van der Waals surface area contributed by atoms with E-state index in [1.165, 1.54) is 12.1 Å². The molecule has 2 amide bonds. The fraction of sp³-hybridized carbons (Fsp3) is 0.600. The molecule has 0 bridgehead atoms. The highest BCUT2D eigenvalue weighted by Crippen LogP contribution is 2.30. The predicted molar refractivity (Wildman–Crippen MR) is 101 cm³/mol. The molecule has 0 spiro atoms. The van der Waals surface area contributed by atoms with E-state index in [1.54, 1.807) is 0 Å². The number of amides is 2. The van der Waals surface area contributed by atoms with Crippen LogP contribution in [0.15, 0.2) is 24.3 Å². The average Bonchev–Trinajstić information content (AvgIpc) is 2.65. The molecule has 0 aliphatic heterocycles. The molecule has 1 aliphatic carbocycles. The van der Waals surface area contributed by atoms with Gasteiger partial charge in [-0.25, -0.2) is 0 Å². The molecule has 1 aliphatic rings. The maximum absolute atomic E-state index is 12.8. The molecule has 0 unspecified atom stereocenters. The lowest BCUT2D eigenvalue weighted by atomic mass is 9.79. The highest BCUT2D eigenvalue weighted by atomic mass is 19.4. The van der Waals surface area contributed by atoms with Gasteiger partial charge in [-0.05, 0) is 57.5 Å². The lowest BCUT2D eigenvalue weighted by molar-refractivity contribution is -0.137. The van der Waals surface area contributed by atoms with Crippen molar-refractivity contribution in [2.45, 2.75) is 50.9 Å². The number of nitrogens with one attached hydrogen (secondary N) is 2. The van der Waals surface area contributed by atoms with Gasteiger partial charge in [-0.3, -0.25) is 9.59 Å². The largest absolute Gasteiger partial charge is 0.416 e. The van der Waals surface area contributed by atoms with Crippen molar-refractivity contribution in [1.82, 2.24) is 15.5 Å². The van der Waals surface area contributed by atoms with Crippen LogP contribution < -0.4 is 10.6 Å². The summed E-state index contributed by atoms with van der Waals surface area (Å²) in [5, 5.41) is 5.37. The summed E-state index contributed by atoms with van der Waals surface area (Å²) in [5.41, 5.74) is -1.02. The number of hydrogen-bond donors (Lipinski definition) is 2. The van der Waals surface area contributed by atoms with Crippen LogP contribution in [-0.4, -0.2) is 49.4 Å². The van der Waals surface area contributed by atoms with E-state index in [2.05, 4.69) is 36.6 Å². The van der Waals surface area contributed by atoms with Crippen molar-refractivity contribution in [2.75, 3.05) is 20.6 Å². The first-order valence-electron chi connectivity index (χ1n) is 9.53. The fourth-order valence-corrected chi connectivity index (χ4v) is 3.71. The first-order chi connectivity index (χ1) is 13.1. The van der Waals surface area contributed by atoms with E-state index in [1.807, 2.05) is 0 Å². The molecule has 28 heavy (non-hydrogen) atoms. The summed E-state index contributed by atoms with van der Waals surface area (Å²) in [7, 11) is 4.11. The third-order valence-electron chi connectivity index (χ3n) is 5.42. The Labute approximate surface area is 163 Å². The monoisotopic (exact) mass is 399 g/mol. The van der Waals surface area contributed by atoms with Gasteiger partial charge in [0, 0.05) is 17.6 Å². The normalized spacial score (nSPS) is 22.8. The molecule has 2 N–H and O–H groups in total. The number of halogens is 3. The number of alkyl halides is 3. The highest BCUT2D eigenvalue weighted by molar-refractivity contribution is 5.96. The van der Waals surface area contributed by atoms with Crippen LogP contribution in [0.1, 0.15) is 48.5 Å². The molecule has 1 saturated carbocycles. The number of carbonyl (C=O) groups excluding carboxylic acids is 2. The zero-order chi connectivity index (χ0) is 20.9. The minimum atomic E-state index is -4.52. The number of carbonyl (C=O) groups is 2. The molecule has 1 aromatic carbocycles. The third kappa shape index (κ3) is 5.95. The lowest BCUT2D eigenvalue weighted by Crippen LogP contribution is -2.49. The van der Waals surface area contributed by atoms with Crippen molar-refractivity contribution in [3.63, 3.8) is 0 Å². The van der Waals surface area contributed by atoms with Crippen molar-refractivity contribution in [1.29, 1.82) is 0 Å². The standard InChI is InChI=1S/C20H28F3N3O2/c1-4-13-11-16(26(2)3)8-9-17(13)25-18(27)12-24-19(28)14-6-5-7-15(10-14)20(21,22)23/h5-7,10,13,16-17H,4,8-9,11-12H2,1-3H3,(H,24,28)(H,25,27)/t13-,16-,17+/m1/s1. The Morgan fingerprint density at radius 3 is 2.54 bits per heavy atom. The average molecular weight is 399 g/mol.